The largest absolute Gasteiger partial charge is 0.329 e. The zero-order valence-corrected chi connectivity index (χ0v) is 9.21. The van der Waals surface area contributed by atoms with Crippen LogP contribution in [0.1, 0.15) is 13.8 Å². The maximum atomic E-state index is 11.5. The molecule has 1 aliphatic heterocycles. The van der Waals surface area contributed by atoms with Gasteiger partial charge in [-0.3, -0.25) is 9.69 Å². The lowest BCUT2D eigenvalue weighted by atomic mass is 10.2. The second-order valence-electron chi connectivity index (χ2n) is 4.03. The quantitative estimate of drug-likeness (QED) is 0.565. The Bertz CT molecular complexity index is 262. The van der Waals surface area contributed by atoms with Crippen molar-refractivity contribution in [2.45, 2.75) is 13.8 Å². The van der Waals surface area contributed by atoms with E-state index in [1.807, 2.05) is 16.8 Å². The van der Waals surface area contributed by atoms with Crippen molar-refractivity contribution in [3.05, 3.63) is 0 Å². The zero-order valence-electron chi connectivity index (χ0n) is 9.21. The Balaban J connectivity index is 2.39. The van der Waals surface area contributed by atoms with Gasteiger partial charge < -0.3 is 4.90 Å². The topological polar surface area (TPSA) is 23.6 Å². The molecule has 0 spiro atoms. The molecule has 0 aliphatic carbocycles. The summed E-state index contributed by atoms with van der Waals surface area (Å²) in [6.07, 6.45) is 0. The van der Waals surface area contributed by atoms with Crippen LogP contribution in [-0.4, -0.2) is 48.9 Å². The fourth-order valence-corrected chi connectivity index (χ4v) is 1.34. The van der Waals surface area contributed by atoms with Gasteiger partial charge in [0.2, 0.25) is 5.91 Å². The molecule has 0 aromatic heterocycles. The van der Waals surface area contributed by atoms with Crippen molar-refractivity contribution in [1.82, 2.24) is 9.80 Å². The molecule has 14 heavy (non-hydrogen) atoms. The first kappa shape index (κ1) is 11.1. The second kappa shape index (κ2) is 5.02. The molecule has 0 bridgehead atoms. The van der Waals surface area contributed by atoms with E-state index in [0.29, 0.717) is 19.0 Å². The van der Waals surface area contributed by atoms with Gasteiger partial charge >= 0.3 is 0 Å². The molecule has 3 heteroatoms. The molecule has 0 radical (unpaired) electrons. The highest BCUT2D eigenvalue weighted by molar-refractivity contribution is 5.79. The first-order valence-electron chi connectivity index (χ1n) is 5.04. The predicted molar refractivity (Wildman–Crippen MR) is 56.7 cm³/mol. The fourth-order valence-electron chi connectivity index (χ4n) is 1.34. The summed E-state index contributed by atoms with van der Waals surface area (Å²) in [6, 6.07) is 0. The smallest absolute Gasteiger partial charge is 0.237 e. The summed E-state index contributed by atoms with van der Waals surface area (Å²) in [5, 5.41) is 0. The van der Waals surface area contributed by atoms with Gasteiger partial charge in [0.15, 0.2) is 0 Å². The first-order valence-corrected chi connectivity index (χ1v) is 5.04. The van der Waals surface area contributed by atoms with E-state index in [9.17, 15) is 4.79 Å². The van der Waals surface area contributed by atoms with Crippen LogP contribution >= 0.6 is 0 Å². The molecule has 1 fully saturated rings. The van der Waals surface area contributed by atoms with Crippen LogP contribution in [-0.2, 0) is 4.79 Å². The molecule has 0 saturated carbocycles. The Morgan fingerprint density at radius 2 is 2.14 bits per heavy atom. The van der Waals surface area contributed by atoms with E-state index in [2.05, 4.69) is 25.7 Å². The van der Waals surface area contributed by atoms with Crippen LogP contribution in [0.2, 0.25) is 0 Å². The average molecular weight is 194 g/mol. The van der Waals surface area contributed by atoms with Crippen molar-refractivity contribution in [2.24, 2.45) is 5.92 Å². The molecule has 1 amide bonds. The average Bonchev–Trinajstić information content (AvgIpc) is 2.08. The fraction of sp³-hybridized carbons (Fsp3) is 0.727. The number of amides is 1. The van der Waals surface area contributed by atoms with E-state index in [0.717, 1.165) is 13.1 Å². The maximum Gasteiger partial charge on any atom is 0.237 e. The summed E-state index contributed by atoms with van der Waals surface area (Å²) in [5.74, 6) is 6.68. The van der Waals surface area contributed by atoms with Gasteiger partial charge in [-0.2, -0.15) is 0 Å². The summed E-state index contributed by atoms with van der Waals surface area (Å²) in [6.45, 7) is 6.99. The summed E-state index contributed by atoms with van der Waals surface area (Å²) in [7, 11) is 1.97. The molecule has 1 rings (SSSR count). The van der Waals surface area contributed by atoms with Crippen LogP contribution in [0.3, 0.4) is 0 Å². The molecule has 0 aromatic carbocycles. The summed E-state index contributed by atoms with van der Waals surface area (Å²) in [5.41, 5.74) is 0. The van der Waals surface area contributed by atoms with Crippen molar-refractivity contribution in [2.75, 3.05) is 33.2 Å². The molecular weight excluding hydrogens is 176 g/mol. The summed E-state index contributed by atoms with van der Waals surface area (Å²) < 4.78 is 0. The third-order valence-corrected chi connectivity index (χ3v) is 2.17. The lowest BCUT2D eigenvalue weighted by Crippen LogP contribution is -2.48. The molecule has 78 valence electrons. The van der Waals surface area contributed by atoms with Gasteiger partial charge in [-0.1, -0.05) is 25.7 Å². The number of piperazine rings is 1. The van der Waals surface area contributed by atoms with Crippen LogP contribution in [0.15, 0.2) is 0 Å². The molecule has 1 saturated heterocycles. The number of nitrogens with zero attached hydrogens (tertiary/aromatic N) is 2. The van der Waals surface area contributed by atoms with Gasteiger partial charge in [-0.25, -0.2) is 0 Å². The van der Waals surface area contributed by atoms with Crippen LogP contribution in [0.4, 0.5) is 0 Å². The number of likely N-dealkylation sites (N-methyl/N-ethyl adjacent to an activating group) is 1. The van der Waals surface area contributed by atoms with E-state index in [-0.39, 0.29) is 5.91 Å². The molecule has 1 aliphatic rings. The van der Waals surface area contributed by atoms with E-state index < -0.39 is 0 Å². The van der Waals surface area contributed by atoms with E-state index in [4.69, 9.17) is 0 Å². The Hall–Kier alpha value is -1.01. The predicted octanol–water partition coefficient (Wildman–Crippen LogP) is 0.420. The van der Waals surface area contributed by atoms with Crippen LogP contribution < -0.4 is 0 Å². The standard InChI is InChI=1S/C11H18N2O/c1-10(2)5-4-6-13-8-7-12(3)9-11(13)14/h10H,6-9H2,1-3H3. The molecule has 3 nitrogen and oxygen atoms in total. The minimum atomic E-state index is 0.191. The maximum absolute atomic E-state index is 11.5. The van der Waals surface area contributed by atoms with Gasteiger partial charge in [-0.05, 0) is 7.05 Å². The Morgan fingerprint density at radius 1 is 1.43 bits per heavy atom. The van der Waals surface area contributed by atoms with Crippen LogP contribution in [0.5, 0.6) is 0 Å². The number of carbonyl (C=O) groups excluding carboxylic acids is 1. The molecular formula is C11H18N2O. The lowest BCUT2D eigenvalue weighted by molar-refractivity contribution is -0.134. The third kappa shape index (κ3) is 3.39. The van der Waals surface area contributed by atoms with Crippen molar-refractivity contribution in [3.8, 4) is 11.8 Å². The van der Waals surface area contributed by atoms with Crippen molar-refractivity contribution in [1.29, 1.82) is 0 Å². The Labute approximate surface area is 86.1 Å². The van der Waals surface area contributed by atoms with Gasteiger partial charge in [0.05, 0.1) is 13.1 Å². The van der Waals surface area contributed by atoms with Crippen LogP contribution in [0.25, 0.3) is 0 Å². The minimum absolute atomic E-state index is 0.191. The van der Waals surface area contributed by atoms with E-state index in [1.54, 1.807) is 0 Å². The molecule has 0 N–H and O–H groups in total. The third-order valence-electron chi connectivity index (χ3n) is 2.17. The SMILES string of the molecule is CC(C)C#CCN1CCN(C)CC1=O. The zero-order chi connectivity index (χ0) is 10.6. The molecule has 0 atom stereocenters. The highest BCUT2D eigenvalue weighted by Gasteiger charge is 2.19. The number of hydrogen-bond donors (Lipinski definition) is 0. The number of rotatable bonds is 1. The van der Waals surface area contributed by atoms with E-state index >= 15 is 0 Å². The van der Waals surface area contributed by atoms with Gasteiger partial charge in [-0.15, -0.1) is 0 Å². The monoisotopic (exact) mass is 194 g/mol. The number of carbonyl (C=O) groups is 1. The molecule has 0 unspecified atom stereocenters. The summed E-state index contributed by atoms with van der Waals surface area (Å²) >= 11 is 0. The first-order chi connectivity index (χ1) is 6.59. The Kier molecular flexibility index (Phi) is 3.97. The van der Waals surface area contributed by atoms with E-state index in [1.165, 1.54) is 0 Å². The van der Waals surface area contributed by atoms with Gasteiger partial charge in [0, 0.05) is 19.0 Å². The summed E-state index contributed by atoms with van der Waals surface area (Å²) in [4.78, 5) is 15.4. The lowest BCUT2D eigenvalue weighted by Gasteiger charge is -2.30. The molecule has 1 heterocycles. The minimum Gasteiger partial charge on any atom is -0.329 e. The number of hydrogen-bond acceptors (Lipinski definition) is 2. The second-order valence-corrected chi connectivity index (χ2v) is 4.03. The highest BCUT2D eigenvalue weighted by atomic mass is 16.2. The van der Waals surface area contributed by atoms with Gasteiger partial charge in [0.1, 0.15) is 0 Å². The van der Waals surface area contributed by atoms with Crippen molar-refractivity contribution >= 4 is 5.91 Å². The Morgan fingerprint density at radius 3 is 2.71 bits per heavy atom. The molecule has 0 aromatic rings. The normalized spacial score (nSPS) is 18.3. The van der Waals surface area contributed by atoms with Gasteiger partial charge in [0.25, 0.3) is 0 Å². The van der Waals surface area contributed by atoms with Crippen molar-refractivity contribution in [3.63, 3.8) is 0 Å². The van der Waals surface area contributed by atoms with Crippen molar-refractivity contribution < 1.29 is 4.79 Å². The van der Waals surface area contributed by atoms with Crippen LogP contribution in [0, 0.1) is 17.8 Å². The highest BCUT2D eigenvalue weighted by Crippen LogP contribution is 1.99.